The van der Waals surface area contributed by atoms with Gasteiger partial charge in [-0.1, -0.05) is 23.7 Å². The number of carbonyl (C=O) groups is 1. The van der Waals surface area contributed by atoms with Crippen LogP contribution in [0.4, 0.5) is 19.0 Å². The number of nitrogen functional groups attached to an aromatic ring is 1. The predicted molar refractivity (Wildman–Crippen MR) is 130 cm³/mol. The van der Waals surface area contributed by atoms with Gasteiger partial charge in [-0.2, -0.15) is 5.10 Å². The van der Waals surface area contributed by atoms with Crippen molar-refractivity contribution in [2.24, 2.45) is 0 Å². The molecule has 0 bridgehead atoms. The van der Waals surface area contributed by atoms with Crippen LogP contribution in [0.25, 0.3) is 21.7 Å². The molecule has 3 heterocycles. The maximum absolute atomic E-state index is 14.5. The fraction of sp³-hybridized carbons (Fsp3) is 0.120. The van der Waals surface area contributed by atoms with Crippen LogP contribution in [0, 0.1) is 5.82 Å². The number of fused-ring (bicyclic) bond motifs is 2. The van der Waals surface area contributed by atoms with Crippen molar-refractivity contribution in [1.82, 2.24) is 25.1 Å². The van der Waals surface area contributed by atoms with E-state index in [-0.39, 0.29) is 24.2 Å². The average molecular weight is 511 g/mol. The van der Waals surface area contributed by atoms with E-state index in [2.05, 4.69) is 20.4 Å². The normalized spacial score (nSPS) is 11.5. The maximum Gasteiger partial charge on any atom is 0.282 e. The Morgan fingerprint density at radius 2 is 1.89 bits per heavy atom. The summed E-state index contributed by atoms with van der Waals surface area (Å²) >= 11 is 5.95. The van der Waals surface area contributed by atoms with Gasteiger partial charge in [-0.3, -0.25) is 14.5 Å². The van der Waals surface area contributed by atoms with Crippen LogP contribution in [0.5, 0.6) is 0 Å². The highest BCUT2D eigenvalue weighted by Gasteiger charge is 2.23. The molecule has 0 saturated carbocycles. The second-order valence-corrected chi connectivity index (χ2v) is 8.60. The van der Waals surface area contributed by atoms with Crippen LogP contribution < -0.4 is 11.1 Å². The molecule has 5 rings (SSSR count). The van der Waals surface area contributed by atoms with Crippen molar-refractivity contribution in [3.63, 3.8) is 0 Å². The molecule has 0 atom stereocenters. The van der Waals surface area contributed by atoms with E-state index >= 15 is 0 Å². The number of halogens is 4. The quantitative estimate of drug-likeness (QED) is 0.324. The van der Waals surface area contributed by atoms with Crippen molar-refractivity contribution < 1.29 is 18.0 Å². The van der Waals surface area contributed by atoms with Gasteiger partial charge in [0.15, 0.2) is 0 Å². The summed E-state index contributed by atoms with van der Waals surface area (Å²) in [6.45, 7) is 0.0704. The second kappa shape index (κ2) is 9.46. The molecule has 7 nitrogen and oxygen atoms in total. The van der Waals surface area contributed by atoms with Crippen molar-refractivity contribution >= 4 is 45.0 Å². The number of amides is 1. The number of nitrogens with one attached hydrogen (secondary N) is 1. The molecule has 3 aromatic heterocycles. The van der Waals surface area contributed by atoms with Gasteiger partial charge in [0.1, 0.15) is 22.8 Å². The van der Waals surface area contributed by atoms with Crippen molar-refractivity contribution in [3.8, 4) is 0 Å². The smallest absolute Gasteiger partial charge is 0.282 e. The second-order valence-electron chi connectivity index (χ2n) is 8.16. The monoisotopic (exact) mass is 510 g/mol. The standard InChI is InChI=1S/C25H18ClF3N6O/c26-17-8-16-6-14(7-20(27)21(16)32-10-17)11-35-12-19(22(34-35)23(28)29)25(36)33-9-13-1-2-18-15(5-13)3-4-31-24(18)30/h1-8,10,12,23H,9,11H2,(H2,30,31)(H,33,36). The molecular weight excluding hydrogens is 493 g/mol. The number of rotatable bonds is 6. The van der Waals surface area contributed by atoms with Gasteiger partial charge in [0, 0.05) is 35.9 Å². The van der Waals surface area contributed by atoms with Gasteiger partial charge in [0.2, 0.25) is 0 Å². The first-order chi connectivity index (χ1) is 17.3. The van der Waals surface area contributed by atoms with Crippen molar-refractivity contribution in [3.05, 3.63) is 94.3 Å². The number of hydrogen-bond acceptors (Lipinski definition) is 5. The molecule has 2 aromatic carbocycles. The lowest BCUT2D eigenvalue weighted by atomic mass is 10.1. The van der Waals surface area contributed by atoms with Crippen molar-refractivity contribution in [1.29, 1.82) is 0 Å². The fourth-order valence-corrected chi connectivity index (χ4v) is 4.17. The lowest BCUT2D eigenvalue weighted by Crippen LogP contribution is -2.23. The van der Waals surface area contributed by atoms with Gasteiger partial charge in [0.25, 0.3) is 12.3 Å². The Kier molecular flexibility index (Phi) is 6.19. The zero-order valence-corrected chi connectivity index (χ0v) is 19.3. The van der Waals surface area contributed by atoms with Crippen LogP contribution >= 0.6 is 11.6 Å². The van der Waals surface area contributed by atoms with Crippen LogP contribution in [0.3, 0.4) is 0 Å². The van der Waals surface area contributed by atoms with E-state index in [4.69, 9.17) is 17.3 Å². The van der Waals surface area contributed by atoms with Gasteiger partial charge >= 0.3 is 0 Å². The zero-order valence-electron chi connectivity index (χ0n) is 18.6. The highest BCUT2D eigenvalue weighted by Crippen LogP contribution is 2.25. The molecular formula is C25H18ClF3N6O. The van der Waals surface area contributed by atoms with E-state index in [9.17, 15) is 18.0 Å². The molecule has 36 heavy (non-hydrogen) atoms. The summed E-state index contributed by atoms with van der Waals surface area (Å²) in [6.07, 6.45) is 1.17. The van der Waals surface area contributed by atoms with Gasteiger partial charge < -0.3 is 11.1 Å². The lowest BCUT2D eigenvalue weighted by molar-refractivity contribution is 0.0936. The average Bonchev–Trinajstić information content (AvgIpc) is 3.26. The van der Waals surface area contributed by atoms with Gasteiger partial charge in [0.05, 0.1) is 17.1 Å². The highest BCUT2D eigenvalue weighted by molar-refractivity contribution is 6.31. The van der Waals surface area contributed by atoms with Crippen molar-refractivity contribution in [2.45, 2.75) is 19.5 Å². The summed E-state index contributed by atoms with van der Waals surface area (Å²) < 4.78 is 43.0. The number of nitrogens with zero attached hydrogens (tertiary/aromatic N) is 4. The third-order valence-electron chi connectivity index (χ3n) is 5.66. The van der Waals surface area contributed by atoms with E-state index in [1.807, 2.05) is 6.07 Å². The molecule has 1 amide bonds. The largest absolute Gasteiger partial charge is 0.383 e. The summed E-state index contributed by atoms with van der Waals surface area (Å²) in [4.78, 5) is 20.8. The third-order valence-corrected chi connectivity index (χ3v) is 5.87. The Labute approximate surface area is 207 Å². The molecule has 0 aliphatic heterocycles. The number of alkyl halides is 2. The zero-order chi connectivity index (χ0) is 25.4. The van der Waals surface area contributed by atoms with Crippen LogP contribution in [0.15, 0.2) is 61.1 Å². The Morgan fingerprint density at radius 1 is 1.08 bits per heavy atom. The maximum atomic E-state index is 14.5. The van der Waals surface area contributed by atoms with Crippen molar-refractivity contribution in [2.75, 3.05) is 5.73 Å². The summed E-state index contributed by atoms with van der Waals surface area (Å²) in [5, 5.41) is 8.95. The molecule has 0 fully saturated rings. The third kappa shape index (κ3) is 4.67. The molecule has 11 heteroatoms. The number of pyridine rings is 2. The molecule has 0 aliphatic carbocycles. The SMILES string of the molecule is Nc1nccc2cc(CNC(=O)c3cn(Cc4cc(F)c5ncc(Cl)cc5c4)nc3C(F)F)ccc12. The van der Waals surface area contributed by atoms with E-state index in [0.29, 0.717) is 21.8 Å². The number of hydrogen-bond donors (Lipinski definition) is 2. The summed E-state index contributed by atoms with van der Waals surface area (Å²) in [5.74, 6) is -0.888. The Balaban J connectivity index is 1.37. The Morgan fingerprint density at radius 3 is 2.69 bits per heavy atom. The topological polar surface area (TPSA) is 98.7 Å². The first kappa shape index (κ1) is 23.6. The predicted octanol–water partition coefficient (Wildman–Crippen LogP) is 5.27. The molecule has 0 unspecified atom stereocenters. The molecule has 0 aliphatic rings. The lowest BCUT2D eigenvalue weighted by Gasteiger charge is -2.07. The number of nitrogens with two attached hydrogens (primary N) is 1. The van der Waals surface area contributed by atoms with Crippen LogP contribution in [-0.2, 0) is 13.1 Å². The molecule has 182 valence electrons. The number of anilines is 1. The van der Waals surface area contributed by atoms with Gasteiger partial charge in [-0.05, 0) is 46.8 Å². The fourth-order valence-electron chi connectivity index (χ4n) is 4.01. The van der Waals surface area contributed by atoms with E-state index in [1.54, 1.807) is 36.5 Å². The number of carbonyl (C=O) groups excluding carboxylic acids is 1. The minimum absolute atomic E-state index is 0.0352. The summed E-state index contributed by atoms with van der Waals surface area (Å²) in [5.41, 5.74) is 6.29. The first-order valence-corrected chi connectivity index (χ1v) is 11.2. The first-order valence-electron chi connectivity index (χ1n) is 10.8. The van der Waals surface area contributed by atoms with E-state index in [0.717, 1.165) is 16.3 Å². The molecule has 0 spiro atoms. The summed E-state index contributed by atoms with van der Waals surface area (Å²) in [7, 11) is 0. The van der Waals surface area contributed by atoms with E-state index < -0.39 is 23.8 Å². The molecule has 0 radical (unpaired) electrons. The minimum atomic E-state index is -2.97. The van der Waals surface area contributed by atoms with E-state index in [1.165, 1.54) is 23.1 Å². The van der Waals surface area contributed by atoms with Crippen LogP contribution in [0.1, 0.15) is 33.6 Å². The number of benzene rings is 2. The van der Waals surface area contributed by atoms with Gasteiger partial charge in [-0.15, -0.1) is 0 Å². The number of aromatic nitrogens is 4. The molecule has 5 aromatic rings. The minimum Gasteiger partial charge on any atom is -0.383 e. The van der Waals surface area contributed by atoms with Crippen LogP contribution in [-0.4, -0.2) is 25.7 Å². The highest BCUT2D eigenvalue weighted by atomic mass is 35.5. The molecule has 0 saturated heterocycles. The van der Waals surface area contributed by atoms with Gasteiger partial charge in [-0.25, -0.2) is 18.2 Å². The Bertz CT molecular complexity index is 1620. The Hall–Kier alpha value is -4.18. The summed E-state index contributed by atoms with van der Waals surface area (Å²) in [6, 6.07) is 11.6. The van der Waals surface area contributed by atoms with Crippen LogP contribution in [0.2, 0.25) is 5.02 Å². The molecule has 3 N–H and O–H groups in total.